The molecule has 1 aliphatic heterocycles. The Kier molecular flexibility index (Phi) is 6.96. The number of aryl methyl sites for hydroxylation is 1. The molecule has 1 N–H and O–H groups in total. The van der Waals surface area contributed by atoms with Crippen LogP contribution >= 0.6 is 0 Å². The van der Waals surface area contributed by atoms with Gasteiger partial charge in [0.15, 0.2) is 0 Å². The minimum Gasteiger partial charge on any atom is -0.507 e. The van der Waals surface area contributed by atoms with Crippen LogP contribution in [-0.4, -0.2) is 28.9 Å². The maximum absolute atomic E-state index is 13.5. The number of aliphatic hydroxyl groups excluding tert-OH is 1. The molecule has 192 valence electrons. The molecule has 0 saturated carbocycles. The van der Waals surface area contributed by atoms with Gasteiger partial charge in [-0.1, -0.05) is 52.8 Å². The fourth-order valence-corrected chi connectivity index (χ4v) is 4.76. The predicted octanol–water partition coefficient (Wildman–Crippen LogP) is 6.45. The number of aliphatic hydroxyl groups is 1. The number of ether oxygens (including phenoxy) is 1. The van der Waals surface area contributed by atoms with Crippen molar-refractivity contribution < 1.29 is 19.4 Å². The van der Waals surface area contributed by atoms with Gasteiger partial charge in [0.1, 0.15) is 17.6 Å². The van der Waals surface area contributed by atoms with E-state index in [0.717, 1.165) is 16.7 Å². The molecular weight excluding hydrogens is 464 g/mol. The second-order valence-corrected chi connectivity index (χ2v) is 10.8. The predicted molar refractivity (Wildman–Crippen MR) is 146 cm³/mol. The van der Waals surface area contributed by atoms with Crippen LogP contribution in [0.2, 0.25) is 0 Å². The summed E-state index contributed by atoms with van der Waals surface area (Å²) in [5.41, 5.74) is 4.26. The monoisotopic (exact) mass is 498 g/mol. The van der Waals surface area contributed by atoms with Crippen molar-refractivity contribution in [2.45, 2.75) is 58.9 Å². The Hall–Kier alpha value is -3.93. The van der Waals surface area contributed by atoms with E-state index in [2.05, 4.69) is 25.8 Å². The highest BCUT2D eigenvalue weighted by Gasteiger charge is 2.47. The van der Waals surface area contributed by atoms with E-state index in [4.69, 9.17) is 4.74 Å². The summed E-state index contributed by atoms with van der Waals surface area (Å²) in [5, 5.41) is 11.6. The third kappa shape index (κ3) is 4.76. The average Bonchev–Trinajstić information content (AvgIpc) is 3.13. The van der Waals surface area contributed by atoms with Crippen LogP contribution < -0.4 is 9.64 Å². The van der Waals surface area contributed by atoms with Crippen LogP contribution in [-0.2, 0) is 15.0 Å². The standard InChI is InChI=1S/C31H34N2O4/c1-18(2)22-17-23(19(3)16-25(22)37-7)28(34)26-27(24-10-8-9-15-32-24)33(30(36)29(26)35)21-13-11-20(12-14-21)31(4,5)6/h8-18,27,34H,1-7H3/b28-26+. The Morgan fingerprint density at radius 3 is 2.27 bits per heavy atom. The van der Waals surface area contributed by atoms with Gasteiger partial charge in [0.25, 0.3) is 11.7 Å². The van der Waals surface area contributed by atoms with Gasteiger partial charge in [0, 0.05) is 17.4 Å². The number of hydrogen-bond donors (Lipinski definition) is 1. The molecule has 1 unspecified atom stereocenters. The molecule has 2 heterocycles. The van der Waals surface area contributed by atoms with Crippen LogP contribution in [0.5, 0.6) is 5.75 Å². The summed E-state index contributed by atoms with van der Waals surface area (Å²) in [6.45, 7) is 12.3. The molecule has 0 aliphatic carbocycles. The van der Waals surface area contributed by atoms with E-state index in [9.17, 15) is 14.7 Å². The summed E-state index contributed by atoms with van der Waals surface area (Å²) in [7, 11) is 1.61. The van der Waals surface area contributed by atoms with Gasteiger partial charge in [-0.25, -0.2) is 0 Å². The van der Waals surface area contributed by atoms with Crippen LogP contribution in [0.15, 0.2) is 66.4 Å². The molecule has 1 aromatic heterocycles. The molecule has 2 aromatic carbocycles. The number of aromatic nitrogens is 1. The number of anilines is 1. The van der Waals surface area contributed by atoms with Crippen LogP contribution in [0.4, 0.5) is 5.69 Å². The first kappa shape index (κ1) is 26.1. The first-order chi connectivity index (χ1) is 17.5. The van der Waals surface area contributed by atoms with Crippen molar-refractivity contribution in [3.63, 3.8) is 0 Å². The number of nitrogens with zero attached hydrogens (tertiary/aromatic N) is 2. The largest absolute Gasteiger partial charge is 0.507 e. The number of carbonyl (C=O) groups is 2. The smallest absolute Gasteiger partial charge is 0.300 e. The van der Waals surface area contributed by atoms with Crippen molar-refractivity contribution in [1.82, 2.24) is 4.98 Å². The topological polar surface area (TPSA) is 79.7 Å². The zero-order valence-electron chi connectivity index (χ0n) is 22.5. The zero-order valence-corrected chi connectivity index (χ0v) is 22.5. The second-order valence-electron chi connectivity index (χ2n) is 10.8. The summed E-state index contributed by atoms with van der Waals surface area (Å²) in [6.07, 6.45) is 1.62. The van der Waals surface area contributed by atoms with Crippen molar-refractivity contribution in [2.24, 2.45) is 0 Å². The van der Waals surface area contributed by atoms with Gasteiger partial charge in [-0.15, -0.1) is 0 Å². The number of pyridine rings is 1. The first-order valence-electron chi connectivity index (χ1n) is 12.5. The van der Waals surface area contributed by atoms with Gasteiger partial charge in [-0.05, 0) is 71.3 Å². The molecule has 6 nitrogen and oxygen atoms in total. The highest BCUT2D eigenvalue weighted by atomic mass is 16.5. The van der Waals surface area contributed by atoms with E-state index in [-0.39, 0.29) is 22.7 Å². The second kappa shape index (κ2) is 9.85. The van der Waals surface area contributed by atoms with Crippen molar-refractivity contribution in [1.29, 1.82) is 0 Å². The Bertz CT molecular complexity index is 1370. The maximum atomic E-state index is 13.5. The zero-order chi connectivity index (χ0) is 27.1. The van der Waals surface area contributed by atoms with E-state index in [1.54, 1.807) is 31.5 Å². The lowest BCUT2D eigenvalue weighted by Gasteiger charge is -2.26. The fraction of sp³-hybridized carbons (Fsp3) is 0.323. The van der Waals surface area contributed by atoms with E-state index in [1.165, 1.54) is 4.90 Å². The molecule has 37 heavy (non-hydrogen) atoms. The summed E-state index contributed by atoms with van der Waals surface area (Å²) >= 11 is 0. The maximum Gasteiger partial charge on any atom is 0.300 e. The molecule has 0 spiro atoms. The fourth-order valence-electron chi connectivity index (χ4n) is 4.76. The summed E-state index contributed by atoms with van der Waals surface area (Å²) < 4.78 is 5.55. The Morgan fingerprint density at radius 2 is 1.73 bits per heavy atom. The van der Waals surface area contributed by atoms with E-state index < -0.39 is 17.7 Å². The van der Waals surface area contributed by atoms with Crippen LogP contribution in [0.1, 0.15) is 74.5 Å². The van der Waals surface area contributed by atoms with Gasteiger partial charge in [0.05, 0.1) is 18.4 Å². The normalized spacial score (nSPS) is 17.5. The van der Waals surface area contributed by atoms with Gasteiger partial charge >= 0.3 is 0 Å². The molecule has 6 heteroatoms. The van der Waals surface area contributed by atoms with Crippen LogP contribution in [0.3, 0.4) is 0 Å². The first-order valence-corrected chi connectivity index (χ1v) is 12.5. The summed E-state index contributed by atoms with van der Waals surface area (Å²) in [4.78, 5) is 32.9. The SMILES string of the molecule is COc1cc(C)c(/C(O)=C2\C(=O)C(=O)N(c3ccc(C(C)(C)C)cc3)C2c2ccccn2)cc1C(C)C. The van der Waals surface area contributed by atoms with Gasteiger partial charge < -0.3 is 9.84 Å². The Labute approximate surface area is 218 Å². The minimum atomic E-state index is -0.870. The van der Waals surface area contributed by atoms with E-state index in [1.807, 2.05) is 57.2 Å². The number of carbonyl (C=O) groups excluding carboxylic acids is 2. The molecule has 0 radical (unpaired) electrons. The number of ketones is 1. The molecular formula is C31H34N2O4. The highest BCUT2D eigenvalue weighted by Crippen LogP contribution is 2.43. The van der Waals surface area contributed by atoms with Crippen LogP contribution in [0.25, 0.3) is 5.76 Å². The Balaban J connectivity index is 1.94. The molecule has 1 aliphatic rings. The average molecular weight is 499 g/mol. The minimum absolute atomic E-state index is 0.0200. The Morgan fingerprint density at radius 1 is 1.05 bits per heavy atom. The number of amides is 1. The van der Waals surface area contributed by atoms with Crippen molar-refractivity contribution in [3.8, 4) is 5.75 Å². The number of rotatable bonds is 5. The van der Waals surface area contributed by atoms with Crippen molar-refractivity contribution in [2.75, 3.05) is 12.0 Å². The summed E-state index contributed by atoms with van der Waals surface area (Å²) in [6, 6.07) is 15.8. The lowest BCUT2D eigenvalue weighted by atomic mass is 9.87. The number of benzene rings is 2. The molecule has 1 saturated heterocycles. The molecule has 1 atom stereocenters. The molecule has 3 aromatic rings. The third-order valence-corrected chi connectivity index (χ3v) is 6.88. The molecule has 4 rings (SSSR count). The lowest BCUT2D eigenvalue weighted by Crippen LogP contribution is -2.30. The number of methoxy groups -OCH3 is 1. The van der Waals surface area contributed by atoms with Crippen molar-refractivity contribution in [3.05, 3.63) is 94.3 Å². The quantitative estimate of drug-likeness (QED) is 0.249. The molecule has 1 amide bonds. The number of Topliss-reactive ketones (excluding diaryl/α,β-unsaturated/α-hetero) is 1. The van der Waals surface area contributed by atoms with Crippen LogP contribution in [0, 0.1) is 6.92 Å². The number of hydrogen-bond acceptors (Lipinski definition) is 5. The van der Waals surface area contributed by atoms with Gasteiger partial charge in [-0.3, -0.25) is 19.5 Å². The molecule has 1 fully saturated rings. The lowest BCUT2D eigenvalue weighted by molar-refractivity contribution is -0.132. The van der Waals surface area contributed by atoms with Crippen molar-refractivity contribution >= 4 is 23.1 Å². The highest BCUT2D eigenvalue weighted by molar-refractivity contribution is 6.51. The van der Waals surface area contributed by atoms with E-state index >= 15 is 0 Å². The third-order valence-electron chi connectivity index (χ3n) is 6.88. The van der Waals surface area contributed by atoms with E-state index in [0.29, 0.717) is 22.7 Å². The van der Waals surface area contributed by atoms with Gasteiger partial charge in [-0.2, -0.15) is 0 Å². The van der Waals surface area contributed by atoms with Gasteiger partial charge in [0.2, 0.25) is 0 Å². The molecule has 0 bridgehead atoms. The summed E-state index contributed by atoms with van der Waals surface area (Å²) in [5.74, 6) is -0.822.